The van der Waals surface area contributed by atoms with Crippen LogP contribution in [0, 0.1) is 0 Å². The van der Waals surface area contributed by atoms with Crippen molar-refractivity contribution >= 4 is 28.2 Å². The Bertz CT molecular complexity index is 1110. The molecule has 6 heteroatoms. The van der Waals surface area contributed by atoms with E-state index in [4.69, 9.17) is 11.6 Å². The molecule has 0 unspecified atom stereocenters. The van der Waals surface area contributed by atoms with Crippen molar-refractivity contribution in [2.75, 3.05) is 0 Å². The van der Waals surface area contributed by atoms with E-state index in [0.29, 0.717) is 10.4 Å². The zero-order valence-corrected chi connectivity index (χ0v) is 14.6. The molecule has 3 heterocycles. The Hall–Kier alpha value is -2.66. The van der Waals surface area contributed by atoms with Gasteiger partial charge in [0.15, 0.2) is 5.65 Å². The number of nitrogens with zero attached hydrogens (tertiary/aromatic N) is 4. The molecule has 0 spiro atoms. The minimum absolute atomic E-state index is 0.0242. The highest BCUT2D eigenvalue weighted by Crippen LogP contribution is 2.26. The lowest BCUT2D eigenvalue weighted by atomic mass is 10.1. The van der Waals surface area contributed by atoms with Gasteiger partial charge >= 0.3 is 0 Å². The van der Waals surface area contributed by atoms with Crippen LogP contribution in [0.15, 0.2) is 53.7 Å². The molecule has 0 atom stereocenters. The maximum atomic E-state index is 12.7. The van der Waals surface area contributed by atoms with Crippen LogP contribution in [0.3, 0.4) is 0 Å². The molecule has 0 saturated heterocycles. The molecule has 1 aromatic carbocycles. The molecule has 0 aliphatic heterocycles. The van der Waals surface area contributed by atoms with Gasteiger partial charge in [-0.1, -0.05) is 37.1 Å². The van der Waals surface area contributed by atoms with Gasteiger partial charge in [-0.3, -0.25) is 4.79 Å². The van der Waals surface area contributed by atoms with Crippen molar-refractivity contribution in [1.29, 1.82) is 0 Å². The van der Waals surface area contributed by atoms with Crippen LogP contribution >= 0.6 is 11.6 Å². The van der Waals surface area contributed by atoms with Crippen LogP contribution in [0.25, 0.3) is 27.7 Å². The number of hydrogen-bond donors (Lipinski definition) is 0. The van der Waals surface area contributed by atoms with Crippen molar-refractivity contribution in [2.24, 2.45) is 0 Å². The Morgan fingerprint density at radius 3 is 2.68 bits per heavy atom. The first-order valence-corrected chi connectivity index (χ1v) is 8.68. The average molecular weight is 353 g/mol. The highest BCUT2D eigenvalue weighted by Gasteiger charge is 2.12. The van der Waals surface area contributed by atoms with E-state index in [9.17, 15) is 4.79 Å². The van der Waals surface area contributed by atoms with Crippen LogP contribution in [0.5, 0.6) is 0 Å². The number of rotatable bonds is 4. The molecule has 0 fully saturated rings. The van der Waals surface area contributed by atoms with Gasteiger partial charge < -0.3 is 4.57 Å². The minimum atomic E-state index is -0.0242. The molecule has 0 aliphatic carbocycles. The fourth-order valence-electron chi connectivity index (χ4n) is 2.99. The maximum Gasteiger partial charge on any atom is 0.261 e. The standard InChI is InChI=1S/C19H17ClN4O/c1-2-3-9-23-10-8-17-16(19(23)25)11-21-18-15(12-22-24(17)18)13-4-6-14(20)7-5-13/h4-8,10-12H,2-3,9H2,1H3. The minimum Gasteiger partial charge on any atom is -0.315 e. The van der Waals surface area contributed by atoms with Crippen LogP contribution < -0.4 is 5.56 Å². The van der Waals surface area contributed by atoms with Crippen LogP contribution in [-0.2, 0) is 6.54 Å². The topological polar surface area (TPSA) is 52.2 Å². The van der Waals surface area contributed by atoms with Gasteiger partial charge in [0.25, 0.3) is 5.56 Å². The molecule has 0 bridgehead atoms. The number of aryl methyl sites for hydroxylation is 1. The van der Waals surface area contributed by atoms with E-state index < -0.39 is 0 Å². The van der Waals surface area contributed by atoms with Gasteiger partial charge in [-0.15, -0.1) is 0 Å². The van der Waals surface area contributed by atoms with Gasteiger partial charge in [0, 0.05) is 29.5 Å². The first kappa shape index (κ1) is 15.8. The highest BCUT2D eigenvalue weighted by molar-refractivity contribution is 6.30. The zero-order valence-electron chi connectivity index (χ0n) is 13.8. The Balaban J connectivity index is 1.89. The predicted molar refractivity (Wildman–Crippen MR) is 100 cm³/mol. The summed E-state index contributed by atoms with van der Waals surface area (Å²) in [5, 5.41) is 5.72. The van der Waals surface area contributed by atoms with E-state index in [1.54, 1.807) is 21.5 Å². The van der Waals surface area contributed by atoms with Crippen LogP contribution in [0.2, 0.25) is 5.02 Å². The van der Waals surface area contributed by atoms with E-state index in [0.717, 1.165) is 41.7 Å². The third kappa shape index (κ3) is 2.70. The van der Waals surface area contributed by atoms with E-state index in [-0.39, 0.29) is 5.56 Å². The van der Waals surface area contributed by atoms with Gasteiger partial charge in [-0.2, -0.15) is 5.10 Å². The molecule has 4 rings (SSSR count). The largest absolute Gasteiger partial charge is 0.315 e. The second-order valence-corrected chi connectivity index (χ2v) is 6.46. The van der Waals surface area contributed by atoms with Crippen LogP contribution in [-0.4, -0.2) is 19.2 Å². The van der Waals surface area contributed by atoms with Gasteiger partial charge in [-0.05, 0) is 30.2 Å². The van der Waals surface area contributed by atoms with Gasteiger partial charge in [0.1, 0.15) is 0 Å². The summed E-state index contributed by atoms with van der Waals surface area (Å²) < 4.78 is 3.47. The number of hydrogen-bond acceptors (Lipinski definition) is 3. The van der Waals surface area contributed by atoms with E-state index >= 15 is 0 Å². The van der Waals surface area contributed by atoms with Crippen LogP contribution in [0.4, 0.5) is 0 Å². The first-order chi connectivity index (χ1) is 12.2. The summed E-state index contributed by atoms with van der Waals surface area (Å²) in [4.78, 5) is 17.2. The smallest absolute Gasteiger partial charge is 0.261 e. The number of fused-ring (bicyclic) bond motifs is 3. The maximum absolute atomic E-state index is 12.7. The van der Waals surface area contributed by atoms with E-state index in [2.05, 4.69) is 17.0 Å². The summed E-state index contributed by atoms with van der Waals surface area (Å²) in [6, 6.07) is 9.49. The molecule has 0 saturated carbocycles. The molecule has 0 radical (unpaired) electrons. The number of benzene rings is 1. The van der Waals surface area contributed by atoms with Crippen molar-refractivity contribution in [2.45, 2.75) is 26.3 Å². The molecular weight excluding hydrogens is 336 g/mol. The fraction of sp³-hybridized carbons (Fsp3) is 0.211. The van der Waals surface area contributed by atoms with Crippen LogP contribution in [0.1, 0.15) is 19.8 Å². The molecule has 25 heavy (non-hydrogen) atoms. The first-order valence-electron chi connectivity index (χ1n) is 8.31. The number of unbranched alkanes of at least 4 members (excludes halogenated alkanes) is 1. The summed E-state index contributed by atoms with van der Waals surface area (Å²) in [5.74, 6) is 0. The van der Waals surface area contributed by atoms with Crippen molar-refractivity contribution in [1.82, 2.24) is 19.2 Å². The summed E-state index contributed by atoms with van der Waals surface area (Å²) in [7, 11) is 0. The van der Waals surface area contributed by atoms with Gasteiger partial charge in [-0.25, -0.2) is 9.50 Å². The Labute approximate surface area is 149 Å². The van der Waals surface area contributed by atoms with E-state index in [1.165, 1.54) is 0 Å². The predicted octanol–water partition coefficient (Wildman–Crippen LogP) is 4.16. The summed E-state index contributed by atoms with van der Waals surface area (Å²) in [6.07, 6.45) is 7.28. The average Bonchev–Trinajstić information content (AvgIpc) is 3.06. The second-order valence-electron chi connectivity index (χ2n) is 6.03. The lowest BCUT2D eigenvalue weighted by molar-refractivity contribution is 0.616. The van der Waals surface area contributed by atoms with Gasteiger partial charge in [0.05, 0.1) is 17.1 Å². The quantitative estimate of drug-likeness (QED) is 0.554. The van der Waals surface area contributed by atoms with Crippen molar-refractivity contribution in [3.63, 3.8) is 0 Å². The SMILES string of the molecule is CCCCn1ccc2c(cnc3c(-c4ccc(Cl)cc4)cnn32)c1=O. The third-order valence-electron chi connectivity index (χ3n) is 4.38. The highest BCUT2D eigenvalue weighted by atomic mass is 35.5. The third-order valence-corrected chi connectivity index (χ3v) is 4.63. The summed E-state index contributed by atoms with van der Waals surface area (Å²) >= 11 is 5.96. The number of aromatic nitrogens is 4. The zero-order chi connectivity index (χ0) is 17.4. The molecule has 0 amide bonds. The fourth-order valence-corrected chi connectivity index (χ4v) is 3.12. The summed E-state index contributed by atoms with van der Waals surface area (Å²) in [5.41, 5.74) is 3.36. The molecule has 3 aromatic heterocycles. The summed E-state index contributed by atoms with van der Waals surface area (Å²) in [6.45, 7) is 2.83. The number of halogens is 1. The normalized spacial score (nSPS) is 11.4. The van der Waals surface area contributed by atoms with Gasteiger partial charge in [0.2, 0.25) is 0 Å². The lowest BCUT2D eigenvalue weighted by Gasteiger charge is -2.07. The second kappa shape index (κ2) is 6.33. The molecule has 5 nitrogen and oxygen atoms in total. The molecule has 4 aromatic rings. The molecule has 126 valence electrons. The van der Waals surface area contributed by atoms with Crippen molar-refractivity contribution in [3.8, 4) is 11.1 Å². The molecule has 0 N–H and O–H groups in total. The lowest BCUT2D eigenvalue weighted by Crippen LogP contribution is -2.20. The van der Waals surface area contributed by atoms with Crippen molar-refractivity contribution in [3.05, 3.63) is 64.3 Å². The van der Waals surface area contributed by atoms with Crippen molar-refractivity contribution < 1.29 is 0 Å². The number of pyridine rings is 1. The van der Waals surface area contributed by atoms with E-state index in [1.807, 2.05) is 36.5 Å². The molecular formula is C19H17ClN4O. The molecule has 0 aliphatic rings. The monoisotopic (exact) mass is 352 g/mol. The Kier molecular flexibility index (Phi) is 4.01. The Morgan fingerprint density at radius 1 is 1.12 bits per heavy atom. The Morgan fingerprint density at radius 2 is 1.92 bits per heavy atom.